The SMILES string of the molecule is CCC(C)(CC)C(=O)/C=C(\O)C(C)(CC)CC.Cc1cc2ccc3oc4ccnc(-c5[c-]c6ccccc6c(C(C)(C)C)c5)c4c3c2s1.[Ir]. The van der Waals surface area contributed by atoms with E-state index in [1.165, 1.54) is 32.0 Å². The van der Waals surface area contributed by atoms with Crippen LogP contribution in [0.4, 0.5) is 0 Å². The molecule has 0 aliphatic rings. The molecule has 3 aromatic heterocycles. The predicted molar refractivity (Wildman–Crippen MR) is 205 cm³/mol. The van der Waals surface area contributed by atoms with E-state index in [0.717, 1.165) is 64.3 Å². The number of ketones is 1. The number of aryl methyl sites for hydroxylation is 1. The van der Waals surface area contributed by atoms with Crippen LogP contribution in [-0.4, -0.2) is 15.9 Å². The number of nitrogens with zero attached hydrogens (tertiary/aromatic N) is 1. The van der Waals surface area contributed by atoms with Crippen LogP contribution in [0.5, 0.6) is 0 Å². The zero-order valence-corrected chi connectivity index (χ0v) is 33.8. The van der Waals surface area contributed by atoms with E-state index in [2.05, 4.69) is 82.3 Å². The smallest absolute Gasteiger partial charge is 0.164 e. The molecule has 6 heteroatoms. The van der Waals surface area contributed by atoms with Crippen molar-refractivity contribution in [3.63, 3.8) is 0 Å². The molecule has 0 spiro atoms. The number of pyridine rings is 1. The summed E-state index contributed by atoms with van der Waals surface area (Å²) in [5.41, 5.74) is 4.45. The summed E-state index contributed by atoms with van der Waals surface area (Å²) in [7, 11) is 0. The Balaban J connectivity index is 0.000000260. The fourth-order valence-corrected chi connectivity index (χ4v) is 7.35. The molecule has 0 saturated carbocycles. The average Bonchev–Trinajstić information content (AvgIpc) is 3.66. The van der Waals surface area contributed by atoms with Gasteiger partial charge in [0.1, 0.15) is 16.9 Å². The molecule has 0 fully saturated rings. The van der Waals surface area contributed by atoms with Crippen molar-refractivity contribution in [3.8, 4) is 11.3 Å². The second-order valence-corrected chi connectivity index (χ2v) is 15.9. The molecule has 1 radical (unpaired) electrons. The Morgan fingerprint density at radius 2 is 1.51 bits per heavy atom. The van der Waals surface area contributed by atoms with E-state index in [9.17, 15) is 9.90 Å². The van der Waals surface area contributed by atoms with Gasteiger partial charge in [0.05, 0.1) is 0 Å². The van der Waals surface area contributed by atoms with E-state index >= 15 is 0 Å². The van der Waals surface area contributed by atoms with Crippen molar-refractivity contribution in [2.45, 2.75) is 100 Å². The Kier molecular flexibility index (Phi) is 11.7. The van der Waals surface area contributed by atoms with Gasteiger partial charge >= 0.3 is 0 Å². The quantitative estimate of drug-likeness (QED) is 0.0941. The number of carbonyl (C=O) groups excluding carboxylic acids is 1. The van der Waals surface area contributed by atoms with E-state index in [1.807, 2.05) is 65.1 Å². The third kappa shape index (κ3) is 7.43. The summed E-state index contributed by atoms with van der Waals surface area (Å²) < 4.78 is 7.53. The molecule has 0 unspecified atom stereocenters. The van der Waals surface area contributed by atoms with Gasteiger partial charge < -0.3 is 9.52 Å². The van der Waals surface area contributed by atoms with E-state index in [-0.39, 0.29) is 47.9 Å². The normalized spacial score (nSPS) is 12.7. The number of rotatable bonds is 8. The van der Waals surface area contributed by atoms with Gasteiger partial charge in [-0.05, 0) is 67.7 Å². The maximum atomic E-state index is 12.2. The first-order valence-corrected chi connectivity index (χ1v) is 18.1. The predicted octanol–water partition coefficient (Wildman–Crippen LogP) is 13.1. The van der Waals surface area contributed by atoms with Gasteiger partial charge in [-0.2, -0.15) is 0 Å². The summed E-state index contributed by atoms with van der Waals surface area (Å²) in [5, 5.41) is 16.0. The van der Waals surface area contributed by atoms with Crippen LogP contribution < -0.4 is 0 Å². The molecular formula is C43H50IrNO3S-. The van der Waals surface area contributed by atoms with E-state index in [4.69, 9.17) is 9.40 Å². The van der Waals surface area contributed by atoms with Crippen molar-refractivity contribution < 1.29 is 34.4 Å². The number of aliphatic hydroxyl groups is 1. The summed E-state index contributed by atoms with van der Waals surface area (Å²) in [6, 6.07) is 22.9. The Morgan fingerprint density at radius 3 is 2.14 bits per heavy atom. The number of aliphatic hydroxyl groups excluding tert-OH is 1. The largest absolute Gasteiger partial charge is 0.512 e. The number of fused-ring (bicyclic) bond motifs is 6. The van der Waals surface area contributed by atoms with Crippen LogP contribution in [0.15, 0.2) is 77.0 Å². The Hall–Kier alpha value is -3.31. The topological polar surface area (TPSA) is 63.3 Å². The van der Waals surface area contributed by atoms with Crippen LogP contribution in [0.3, 0.4) is 0 Å². The number of benzene rings is 3. The third-order valence-electron chi connectivity index (χ3n) is 10.6. The van der Waals surface area contributed by atoms with Crippen LogP contribution in [0.25, 0.3) is 54.1 Å². The summed E-state index contributed by atoms with van der Waals surface area (Å²) in [6.45, 7) is 21.0. The summed E-state index contributed by atoms with van der Waals surface area (Å²) in [6.07, 6.45) is 6.60. The molecule has 0 aliphatic carbocycles. The number of thiophene rings is 1. The first-order chi connectivity index (χ1) is 22.7. The first-order valence-electron chi connectivity index (χ1n) is 17.3. The van der Waals surface area contributed by atoms with Crippen LogP contribution in [0, 0.1) is 23.8 Å². The molecule has 3 heterocycles. The number of hydrogen-bond donors (Lipinski definition) is 1. The molecule has 0 aliphatic heterocycles. The molecule has 0 saturated heterocycles. The van der Waals surface area contributed by atoms with Crippen LogP contribution in [0.1, 0.15) is 98.4 Å². The van der Waals surface area contributed by atoms with Crippen molar-refractivity contribution >= 4 is 59.9 Å². The molecule has 0 bridgehead atoms. The van der Waals surface area contributed by atoms with E-state index in [1.54, 1.807) is 0 Å². The zero-order valence-electron chi connectivity index (χ0n) is 30.6. The number of allylic oxidation sites excluding steroid dienone is 2. The summed E-state index contributed by atoms with van der Waals surface area (Å²) in [5.74, 6) is 0.286. The third-order valence-corrected chi connectivity index (χ3v) is 11.7. The Morgan fingerprint density at radius 1 is 0.878 bits per heavy atom. The fraction of sp³-hybridized carbons (Fsp3) is 0.395. The van der Waals surface area contributed by atoms with Crippen molar-refractivity contribution in [1.29, 1.82) is 0 Å². The van der Waals surface area contributed by atoms with Gasteiger partial charge in [0.25, 0.3) is 0 Å². The molecule has 49 heavy (non-hydrogen) atoms. The first kappa shape index (κ1) is 38.5. The molecule has 0 amide bonds. The minimum atomic E-state index is -0.337. The Bertz CT molecular complexity index is 2140. The standard InChI is InChI=1S/C28H22NOS.C15H28O2.Ir/c1-16-13-18-9-10-22-25(27(18)31-16)24-23(30-22)11-12-29-26(24)19-14-17-7-5-6-8-20(17)21(15-19)28(2,3)4;1-7-14(5,8-2)12(16)11-13(17)15(6,9-3)10-4;/h5-13,15H,1-4H3;11,16H,7-10H2,1-6H3;/q-1;;/b;12-11-;. The zero-order chi connectivity index (χ0) is 35.0. The molecule has 1 N–H and O–H groups in total. The maximum Gasteiger partial charge on any atom is 0.164 e. The van der Waals surface area contributed by atoms with Crippen molar-refractivity contribution in [2.24, 2.45) is 10.8 Å². The van der Waals surface area contributed by atoms with Gasteiger partial charge in [-0.1, -0.05) is 91.5 Å². The van der Waals surface area contributed by atoms with Crippen LogP contribution >= 0.6 is 11.3 Å². The number of furan rings is 1. The molecular weight excluding hydrogens is 803 g/mol. The van der Waals surface area contributed by atoms with Crippen molar-refractivity contribution in [1.82, 2.24) is 4.98 Å². The molecule has 6 aromatic rings. The molecule has 0 atom stereocenters. The van der Waals surface area contributed by atoms with Gasteiger partial charge in [0.2, 0.25) is 0 Å². The van der Waals surface area contributed by atoms with Crippen LogP contribution in [0.2, 0.25) is 0 Å². The fourth-order valence-electron chi connectivity index (χ4n) is 6.29. The number of hydrogen-bond acceptors (Lipinski definition) is 5. The van der Waals surface area contributed by atoms with Crippen LogP contribution in [-0.2, 0) is 30.3 Å². The van der Waals surface area contributed by atoms with Gasteiger partial charge in [-0.15, -0.1) is 40.5 Å². The molecule has 261 valence electrons. The Labute approximate surface area is 309 Å². The summed E-state index contributed by atoms with van der Waals surface area (Å²) >= 11 is 1.82. The molecule has 6 rings (SSSR count). The second kappa shape index (κ2) is 14.9. The van der Waals surface area contributed by atoms with Gasteiger partial charge in [0.15, 0.2) is 5.78 Å². The number of carbonyl (C=O) groups is 1. The van der Waals surface area contributed by atoms with Gasteiger partial charge in [-0.25, -0.2) is 0 Å². The van der Waals surface area contributed by atoms with E-state index in [0.29, 0.717) is 0 Å². The average molecular weight is 853 g/mol. The van der Waals surface area contributed by atoms with Crippen molar-refractivity contribution in [2.75, 3.05) is 0 Å². The molecule has 4 nitrogen and oxygen atoms in total. The summed E-state index contributed by atoms with van der Waals surface area (Å²) in [4.78, 5) is 18.3. The molecule has 3 aromatic carbocycles. The van der Waals surface area contributed by atoms with E-state index < -0.39 is 0 Å². The van der Waals surface area contributed by atoms with Crippen molar-refractivity contribution in [3.05, 3.63) is 89.1 Å². The van der Waals surface area contributed by atoms with Gasteiger partial charge in [0, 0.05) is 69.3 Å². The minimum absolute atomic E-state index is 0. The minimum Gasteiger partial charge on any atom is -0.512 e. The number of aromatic nitrogens is 1. The second-order valence-electron chi connectivity index (χ2n) is 14.7. The monoisotopic (exact) mass is 853 g/mol. The van der Waals surface area contributed by atoms with Gasteiger partial charge in [-0.3, -0.25) is 9.78 Å². The maximum absolute atomic E-state index is 12.2.